The first-order chi connectivity index (χ1) is 11.5. The summed E-state index contributed by atoms with van der Waals surface area (Å²) in [6.07, 6.45) is 2.83. The van der Waals surface area contributed by atoms with Crippen LogP contribution in [0.3, 0.4) is 0 Å². The summed E-state index contributed by atoms with van der Waals surface area (Å²) >= 11 is 6.83. The number of unbranched alkanes of at least 4 members (excludes halogenated alkanes) is 1. The molecular weight excluding hydrogens is 434 g/mol. The van der Waals surface area contributed by atoms with E-state index in [0.717, 1.165) is 21.1 Å². The molecule has 2 aromatic rings. The highest BCUT2D eigenvalue weighted by molar-refractivity contribution is 9.11. The lowest BCUT2D eigenvalue weighted by atomic mass is 10.1. The molecule has 0 spiro atoms. The number of hydrogen-bond donors (Lipinski definition) is 1. The van der Waals surface area contributed by atoms with E-state index < -0.39 is 6.10 Å². The molecule has 128 valence electrons. The van der Waals surface area contributed by atoms with E-state index in [4.69, 9.17) is 4.74 Å². The zero-order chi connectivity index (χ0) is 17.5. The third-order valence-electron chi connectivity index (χ3n) is 3.61. The fourth-order valence-electron chi connectivity index (χ4n) is 2.19. The van der Waals surface area contributed by atoms with Crippen molar-refractivity contribution in [3.63, 3.8) is 0 Å². The monoisotopic (exact) mass is 453 g/mol. The Bertz CT molecular complexity index is 686. The molecule has 0 aromatic heterocycles. The number of amides is 1. The first-order valence-corrected chi connectivity index (χ1v) is 9.59. The van der Waals surface area contributed by atoms with E-state index >= 15 is 0 Å². The molecule has 0 saturated heterocycles. The maximum Gasteiger partial charge on any atom is 0.265 e. The van der Waals surface area contributed by atoms with Crippen LogP contribution in [-0.4, -0.2) is 12.0 Å². The number of nitrogens with one attached hydrogen (secondary N) is 1. The highest BCUT2D eigenvalue weighted by Crippen LogP contribution is 2.29. The Morgan fingerprint density at radius 1 is 1.17 bits per heavy atom. The van der Waals surface area contributed by atoms with Crippen molar-refractivity contribution in [2.24, 2.45) is 0 Å². The third-order valence-corrected chi connectivity index (χ3v) is 4.72. The molecule has 0 aliphatic heterocycles. The lowest BCUT2D eigenvalue weighted by molar-refractivity contribution is -0.122. The fourth-order valence-corrected chi connectivity index (χ4v) is 3.33. The molecule has 3 nitrogen and oxygen atoms in total. The van der Waals surface area contributed by atoms with E-state index in [0.29, 0.717) is 5.75 Å². The van der Waals surface area contributed by atoms with Crippen LogP contribution in [-0.2, 0) is 11.2 Å². The summed E-state index contributed by atoms with van der Waals surface area (Å²) in [6.45, 7) is 3.92. The van der Waals surface area contributed by atoms with Crippen LogP contribution in [0.25, 0.3) is 0 Å². The number of benzene rings is 2. The summed E-state index contributed by atoms with van der Waals surface area (Å²) in [5, 5.41) is 2.89. The molecule has 0 fully saturated rings. The first-order valence-electron chi connectivity index (χ1n) is 8.01. The third kappa shape index (κ3) is 5.64. The standard InChI is InChI=1S/C19H21Br2NO2/c1-3-4-5-14-6-9-16(10-7-14)22-19(23)13(2)24-18-11-8-15(20)12-17(18)21/h6-13H,3-5H2,1-2H3,(H,22,23)/t13-/m0/s1. The number of ether oxygens (including phenoxy) is 1. The van der Waals surface area contributed by atoms with Gasteiger partial charge < -0.3 is 10.1 Å². The van der Waals surface area contributed by atoms with Crippen molar-refractivity contribution in [1.82, 2.24) is 0 Å². The molecule has 0 heterocycles. The predicted molar refractivity (Wildman–Crippen MR) is 106 cm³/mol. The van der Waals surface area contributed by atoms with Gasteiger partial charge in [-0.3, -0.25) is 4.79 Å². The van der Waals surface area contributed by atoms with Gasteiger partial charge in [-0.1, -0.05) is 41.4 Å². The van der Waals surface area contributed by atoms with Crippen LogP contribution in [0, 0.1) is 0 Å². The van der Waals surface area contributed by atoms with Crippen molar-refractivity contribution in [2.75, 3.05) is 5.32 Å². The molecule has 0 bridgehead atoms. The summed E-state index contributed by atoms with van der Waals surface area (Å²) < 4.78 is 7.48. The van der Waals surface area contributed by atoms with Crippen molar-refractivity contribution in [3.8, 4) is 5.75 Å². The van der Waals surface area contributed by atoms with E-state index in [-0.39, 0.29) is 5.91 Å². The zero-order valence-corrected chi connectivity index (χ0v) is 17.0. The van der Waals surface area contributed by atoms with Gasteiger partial charge >= 0.3 is 0 Å². The second kappa shape index (κ2) is 9.23. The molecule has 0 aliphatic carbocycles. The zero-order valence-electron chi connectivity index (χ0n) is 13.8. The SMILES string of the molecule is CCCCc1ccc(NC(=O)[C@H](C)Oc2ccc(Br)cc2Br)cc1. The summed E-state index contributed by atoms with van der Waals surface area (Å²) in [6, 6.07) is 13.6. The Hall–Kier alpha value is -1.33. The van der Waals surface area contributed by atoms with Crippen LogP contribution in [0.15, 0.2) is 51.4 Å². The van der Waals surface area contributed by atoms with Gasteiger partial charge in [0.25, 0.3) is 5.91 Å². The highest BCUT2D eigenvalue weighted by atomic mass is 79.9. The maximum absolute atomic E-state index is 12.3. The number of aryl methyl sites for hydroxylation is 1. The number of hydrogen-bond acceptors (Lipinski definition) is 2. The second-order valence-electron chi connectivity index (χ2n) is 5.62. The molecule has 0 radical (unpaired) electrons. The minimum Gasteiger partial charge on any atom is -0.480 e. The van der Waals surface area contributed by atoms with Gasteiger partial charge in [0.2, 0.25) is 0 Å². The van der Waals surface area contributed by atoms with Gasteiger partial charge in [0.1, 0.15) is 5.75 Å². The summed E-state index contributed by atoms with van der Waals surface area (Å²) in [5.74, 6) is 0.460. The molecule has 2 aromatic carbocycles. The minimum absolute atomic E-state index is 0.175. The lowest BCUT2D eigenvalue weighted by Gasteiger charge is -2.16. The van der Waals surface area contributed by atoms with Gasteiger partial charge in [0.15, 0.2) is 6.10 Å². The average Bonchev–Trinajstić information content (AvgIpc) is 2.56. The molecule has 1 amide bonds. The van der Waals surface area contributed by atoms with Crippen LogP contribution in [0.1, 0.15) is 32.3 Å². The summed E-state index contributed by atoms with van der Waals surface area (Å²) in [5.41, 5.74) is 2.07. The quantitative estimate of drug-likeness (QED) is 0.560. The van der Waals surface area contributed by atoms with Crippen LogP contribution in [0.5, 0.6) is 5.75 Å². The van der Waals surface area contributed by atoms with Crippen molar-refractivity contribution in [1.29, 1.82) is 0 Å². The van der Waals surface area contributed by atoms with Gasteiger partial charge in [0, 0.05) is 10.2 Å². The van der Waals surface area contributed by atoms with Crippen LogP contribution < -0.4 is 10.1 Å². The Morgan fingerprint density at radius 2 is 1.88 bits per heavy atom. The van der Waals surface area contributed by atoms with Crippen molar-refractivity contribution < 1.29 is 9.53 Å². The molecule has 1 atom stereocenters. The summed E-state index contributed by atoms with van der Waals surface area (Å²) in [4.78, 5) is 12.3. The smallest absolute Gasteiger partial charge is 0.265 e. The molecule has 24 heavy (non-hydrogen) atoms. The van der Waals surface area contributed by atoms with Gasteiger partial charge in [-0.2, -0.15) is 0 Å². The fraction of sp³-hybridized carbons (Fsp3) is 0.316. The largest absolute Gasteiger partial charge is 0.480 e. The average molecular weight is 455 g/mol. The van der Waals surface area contributed by atoms with Crippen LogP contribution >= 0.6 is 31.9 Å². The number of carbonyl (C=O) groups is 1. The van der Waals surface area contributed by atoms with E-state index in [1.165, 1.54) is 18.4 Å². The van der Waals surface area contributed by atoms with Crippen molar-refractivity contribution in [3.05, 3.63) is 57.0 Å². The Kier molecular flexibility index (Phi) is 7.31. The maximum atomic E-state index is 12.3. The number of anilines is 1. The van der Waals surface area contributed by atoms with E-state index in [1.54, 1.807) is 6.92 Å². The molecule has 5 heteroatoms. The van der Waals surface area contributed by atoms with Gasteiger partial charge in [-0.15, -0.1) is 0 Å². The van der Waals surface area contributed by atoms with E-state index in [9.17, 15) is 4.79 Å². The molecule has 0 saturated carbocycles. The second-order valence-corrected chi connectivity index (χ2v) is 7.39. The Balaban J connectivity index is 1.93. The van der Waals surface area contributed by atoms with Crippen molar-refractivity contribution >= 4 is 43.5 Å². The van der Waals surface area contributed by atoms with Gasteiger partial charge in [-0.25, -0.2) is 0 Å². The van der Waals surface area contributed by atoms with Crippen molar-refractivity contribution in [2.45, 2.75) is 39.2 Å². The van der Waals surface area contributed by atoms with Crippen LogP contribution in [0.2, 0.25) is 0 Å². The van der Waals surface area contributed by atoms with Gasteiger partial charge in [-0.05, 0) is 71.6 Å². The molecule has 0 unspecified atom stereocenters. The summed E-state index contributed by atoms with van der Waals surface area (Å²) in [7, 11) is 0. The predicted octanol–water partition coefficient (Wildman–Crippen LogP) is 5.96. The first kappa shape index (κ1) is 19.0. The minimum atomic E-state index is -0.595. The van der Waals surface area contributed by atoms with Gasteiger partial charge in [0.05, 0.1) is 4.47 Å². The lowest BCUT2D eigenvalue weighted by Crippen LogP contribution is -2.30. The highest BCUT2D eigenvalue weighted by Gasteiger charge is 2.16. The van der Waals surface area contributed by atoms with E-state index in [1.807, 2.05) is 30.3 Å². The molecule has 0 aliphatic rings. The molecule has 1 N–H and O–H groups in total. The number of halogens is 2. The Labute approximate surface area is 160 Å². The topological polar surface area (TPSA) is 38.3 Å². The number of rotatable bonds is 7. The molecular formula is C19H21Br2NO2. The normalized spacial score (nSPS) is 11.8. The number of carbonyl (C=O) groups excluding carboxylic acids is 1. The van der Waals surface area contributed by atoms with E-state index in [2.05, 4.69) is 56.2 Å². The Morgan fingerprint density at radius 3 is 2.50 bits per heavy atom. The molecule has 2 rings (SSSR count). The van der Waals surface area contributed by atoms with Crippen LogP contribution in [0.4, 0.5) is 5.69 Å².